The Balaban J connectivity index is 2.44. The number of benzene rings is 1. The second-order valence-electron chi connectivity index (χ2n) is 5.17. The summed E-state index contributed by atoms with van der Waals surface area (Å²) in [4.78, 5) is 0. The molecule has 0 aliphatic rings. The molecule has 0 aliphatic heterocycles. The van der Waals surface area contributed by atoms with Crippen LogP contribution in [-0.4, -0.2) is 11.7 Å². The number of hydrogen-bond acceptors (Lipinski definition) is 1. The van der Waals surface area contributed by atoms with E-state index in [4.69, 9.17) is 11.6 Å². The van der Waals surface area contributed by atoms with Crippen molar-refractivity contribution >= 4 is 11.6 Å². The monoisotopic (exact) mass is 254 g/mol. The second kappa shape index (κ2) is 7.73. The van der Waals surface area contributed by atoms with Gasteiger partial charge in [-0.15, -0.1) is 0 Å². The van der Waals surface area contributed by atoms with Crippen LogP contribution < -0.4 is 0 Å². The third kappa shape index (κ3) is 5.56. The molecule has 2 heteroatoms. The molecular weight excluding hydrogens is 232 g/mol. The molecule has 1 aromatic rings. The molecule has 1 nitrogen and oxygen atoms in total. The van der Waals surface area contributed by atoms with Gasteiger partial charge in [-0.25, -0.2) is 0 Å². The van der Waals surface area contributed by atoms with E-state index in [1.165, 1.54) is 12.8 Å². The highest BCUT2D eigenvalue weighted by molar-refractivity contribution is 6.31. The Bertz CT molecular complexity index is 322. The molecule has 1 rings (SSSR count). The minimum absolute atomic E-state index is 0.253. The smallest absolute Gasteiger partial charge is 0.0462 e. The standard InChI is InChI=1S/C15H23ClO/c1-12(2)6-5-7-13(11-17)10-14-8-3-4-9-15(14)16/h3-4,8-9,12-13,17H,5-7,10-11H2,1-2H3. The van der Waals surface area contributed by atoms with Crippen molar-refractivity contribution in [3.05, 3.63) is 34.9 Å². The molecule has 1 aromatic carbocycles. The maximum Gasteiger partial charge on any atom is 0.0462 e. The molecule has 17 heavy (non-hydrogen) atoms. The van der Waals surface area contributed by atoms with Gasteiger partial charge in [0.05, 0.1) is 0 Å². The number of hydrogen-bond donors (Lipinski definition) is 1. The van der Waals surface area contributed by atoms with Crippen molar-refractivity contribution in [2.45, 2.75) is 39.5 Å². The first-order valence-corrected chi connectivity index (χ1v) is 6.85. The Morgan fingerprint density at radius 2 is 1.88 bits per heavy atom. The third-order valence-electron chi connectivity index (χ3n) is 3.12. The molecule has 96 valence electrons. The van der Waals surface area contributed by atoms with Crippen LogP contribution in [0.5, 0.6) is 0 Å². The van der Waals surface area contributed by atoms with E-state index in [9.17, 15) is 5.11 Å². The summed E-state index contributed by atoms with van der Waals surface area (Å²) in [5.41, 5.74) is 1.15. The van der Waals surface area contributed by atoms with Gasteiger partial charge >= 0.3 is 0 Å². The minimum Gasteiger partial charge on any atom is -0.396 e. The Morgan fingerprint density at radius 1 is 1.18 bits per heavy atom. The molecule has 1 atom stereocenters. The summed E-state index contributed by atoms with van der Waals surface area (Å²) in [5.74, 6) is 1.09. The van der Waals surface area contributed by atoms with Crippen LogP contribution in [0.15, 0.2) is 24.3 Å². The van der Waals surface area contributed by atoms with E-state index in [-0.39, 0.29) is 6.61 Å². The Hall–Kier alpha value is -0.530. The molecule has 0 aromatic heterocycles. The second-order valence-corrected chi connectivity index (χ2v) is 5.58. The number of aliphatic hydroxyl groups excluding tert-OH is 1. The first-order chi connectivity index (χ1) is 8.13. The van der Waals surface area contributed by atoms with E-state index in [0.717, 1.165) is 29.3 Å². The molecule has 0 radical (unpaired) electrons. The highest BCUT2D eigenvalue weighted by Gasteiger charge is 2.10. The average Bonchev–Trinajstić information content (AvgIpc) is 2.30. The van der Waals surface area contributed by atoms with Gasteiger partial charge in [0, 0.05) is 11.6 Å². The van der Waals surface area contributed by atoms with Crippen LogP contribution in [0.4, 0.5) is 0 Å². The van der Waals surface area contributed by atoms with Gasteiger partial charge in [-0.05, 0) is 36.3 Å². The van der Waals surface area contributed by atoms with Crippen molar-refractivity contribution in [2.24, 2.45) is 11.8 Å². The summed E-state index contributed by atoms with van der Waals surface area (Å²) < 4.78 is 0. The molecule has 0 amide bonds. The van der Waals surface area contributed by atoms with Crippen LogP contribution in [0.3, 0.4) is 0 Å². The maximum atomic E-state index is 9.40. The van der Waals surface area contributed by atoms with Crippen molar-refractivity contribution in [3.8, 4) is 0 Å². The number of halogens is 1. The summed E-state index contributed by atoms with van der Waals surface area (Å²) in [5, 5.41) is 10.2. The zero-order valence-corrected chi connectivity index (χ0v) is 11.6. The van der Waals surface area contributed by atoms with E-state index >= 15 is 0 Å². The minimum atomic E-state index is 0.253. The Labute approximate surface area is 110 Å². The molecule has 1 N–H and O–H groups in total. The summed E-state index contributed by atoms with van der Waals surface area (Å²) >= 11 is 6.13. The molecule has 0 saturated heterocycles. The van der Waals surface area contributed by atoms with Gasteiger partial charge in [-0.3, -0.25) is 0 Å². The highest BCUT2D eigenvalue weighted by Crippen LogP contribution is 2.22. The Kier molecular flexibility index (Phi) is 6.61. The third-order valence-corrected chi connectivity index (χ3v) is 3.49. The predicted octanol–water partition coefficient (Wildman–Crippen LogP) is 4.32. The van der Waals surface area contributed by atoms with Crippen molar-refractivity contribution in [3.63, 3.8) is 0 Å². The van der Waals surface area contributed by atoms with Gasteiger partial charge in [0.1, 0.15) is 0 Å². The van der Waals surface area contributed by atoms with Gasteiger partial charge in [0.15, 0.2) is 0 Å². The fraction of sp³-hybridized carbons (Fsp3) is 0.600. The van der Waals surface area contributed by atoms with E-state index in [2.05, 4.69) is 13.8 Å². The van der Waals surface area contributed by atoms with Crippen LogP contribution in [0.25, 0.3) is 0 Å². The zero-order chi connectivity index (χ0) is 12.7. The van der Waals surface area contributed by atoms with Gasteiger partial charge in [0.25, 0.3) is 0 Å². The van der Waals surface area contributed by atoms with Crippen LogP contribution in [-0.2, 0) is 6.42 Å². The van der Waals surface area contributed by atoms with E-state index in [1.807, 2.05) is 24.3 Å². The number of rotatable bonds is 7. The van der Waals surface area contributed by atoms with Gasteiger partial charge in [-0.2, -0.15) is 0 Å². The fourth-order valence-electron chi connectivity index (χ4n) is 2.05. The zero-order valence-electron chi connectivity index (χ0n) is 10.8. The fourth-order valence-corrected chi connectivity index (χ4v) is 2.26. The molecule has 1 unspecified atom stereocenters. The first kappa shape index (κ1) is 14.5. The largest absolute Gasteiger partial charge is 0.396 e. The topological polar surface area (TPSA) is 20.2 Å². The lowest BCUT2D eigenvalue weighted by atomic mass is 9.93. The van der Waals surface area contributed by atoms with Gasteiger partial charge in [0.2, 0.25) is 0 Å². The van der Waals surface area contributed by atoms with Crippen LogP contribution >= 0.6 is 11.6 Å². The quantitative estimate of drug-likeness (QED) is 0.769. The van der Waals surface area contributed by atoms with Gasteiger partial charge in [-0.1, -0.05) is 56.5 Å². The molecule has 0 bridgehead atoms. The van der Waals surface area contributed by atoms with Crippen LogP contribution in [0, 0.1) is 11.8 Å². The van der Waals surface area contributed by atoms with E-state index in [0.29, 0.717) is 5.92 Å². The van der Waals surface area contributed by atoms with E-state index < -0.39 is 0 Å². The Morgan fingerprint density at radius 3 is 2.47 bits per heavy atom. The number of aliphatic hydroxyl groups is 1. The van der Waals surface area contributed by atoms with Gasteiger partial charge < -0.3 is 5.11 Å². The highest BCUT2D eigenvalue weighted by atomic mass is 35.5. The SMILES string of the molecule is CC(C)CCCC(CO)Cc1ccccc1Cl. The normalized spacial score (nSPS) is 13.0. The molecule has 0 heterocycles. The molecule has 0 fully saturated rings. The molecule has 0 spiro atoms. The summed E-state index contributed by atoms with van der Waals surface area (Å²) in [6, 6.07) is 7.91. The van der Waals surface area contributed by atoms with Crippen molar-refractivity contribution < 1.29 is 5.11 Å². The predicted molar refractivity (Wildman–Crippen MR) is 74.4 cm³/mol. The van der Waals surface area contributed by atoms with Crippen molar-refractivity contribution in [2.75, 3.05) is 6.61 Å². The van der Waals surface area contributed by atoms with Crippen molar-refractivity contribution in [1.29, 1.82) is 0 Å². The summed E-state index contributed by atoms with van der Waals surface area (Å²) in [6.07, 6.45) is 4.39. The van der Waals surface area contributed by atoms with E-state index in [1.54, 1.807) is 0 Å². The summed E-state index contributed by atoms with van der Waals surface area (Å²) in [7, 11) is 0. The first-order valence-electron chi connectivity index (χ1n) is 6.47. The molecule has 0 saturated carbocycles. The van der Waals surface area contributed by atoms with Crippen molar-refractivity contribution in [1.82, 2.24) is 0 Å². The molecular formula is C15H23ClO. The van der Waals surface area contributed by atoms with Crippen LogP contribution in [0.1, 0.15) is 38.7 Å². The molecule has 0 aliphatic carbocycles. The lowest BCUT2D eigenvalue weighted by molar-refractivity contribution is 0.213. The van der Waals surface area contributed by atoms with Crippen LogP contribution in [0.2, 0.25) is 5.02 Å². The summed E-state index contributed by atoms with van der Waals surface area (Å²) in [6.45, 7) is 4.73. The lowest BCUT2D eigenvalue weighted by Crippen LogP contribution is -2.10. The maximum absolute atomic E-state index is 9.40. The lowest BCUT2D eigenvalue weighted by Gasteiger charge is -2.15. The average molecular weight is 255 g/mol.